The Hall–Kier alpha value is -1.54. The fourth-order valence-corrected chi connectivity index (χ4v) is 1.74. The lowest BCUT2D eigenvalue weighted by atomic mass is 10.1. The van der Waals surface area contributed by atoms with Gasteiger partial charge in [-0.1, -0.05) is 30.3 Å². The van der Waals surface area contributed by atoms with Gasteiger partial charge in [0.2, 0.25) is 0 Å². The quantitative estimate of drug-likeness (QED) is 0.823. The van der Waals surface area contributed by atoms with Crippen LogP contribution in [0.5, 0.6) is 0 Å². The fraction of sp³-hybridized carbons (Fsp3) is 0.231. The van der Waals surface area contributed by atoms with Crippen molar-refractivity contribution in [1.29, 1.82) is 0 Å². The number of hydrogen-bond acceptors (Lipinski definition) is 2. The van der Waals surface area contributed by atoms with E-state index in [1.165, 1.54) is 16.5 Å². The van der Waals surface area contributed by atoms with Crippen LogP contribution >= 0.6 is 0 Å². The third-order valence-corrected chi connectivity index (χ3v) is 2.64. The van der Waals surface area contributed by atoms with Gasteiger partial charge >= 0.3 is 0 Å². The first-order valence-corrected chi connectivity index (χ1v) is 5.21. The van der Waals surface area contributed by atoms with Crippen LogP contribution in [0.1, 0.15) is 0 Å². The Morgan fingerprint density at radius 2 is 1.80 bits per heavy atom. The van der Waals surface area contributed by atoms with Crippen molar-refractivity contribution in [3.8, 4) is 0 Å². The standard InChI is InChI=1S/C13H16N2/c1-15(9-8-14)13-7-6-11-4-2-3-5-12(11)10-13/h2-7,10H,8-9,14H2,1H3. The van der Waals surface area contributed by atoms with Crippen LogP contribution in [-0.4, -0.2) is 20.1 Å². The van der Waals surface area contributed by atoms with Crippen LogP contribution in [0.4, 0.5) is 5.69 Å². The number of nitrogens with two attached hydrogens (primary N) is 1. The van der Waals surface area contributed by atoms with E-state index in [-0.39, 0.29) is 0 Å². The van der Waals surface area contributed by atoms with Crippen molar-refractivity contribution >= 4 is 16.5 Å². The highest BCUT2D eigenvalue weighted by Gasteiger charge is 2.00. The van der Waals surface area contributed by atoms with E-state index in [0.717, 1.165) is 6.54 Å². The van der Waals surface area contributed by atoms with E-state index in [1.54, 1.807) is 0 Å². The SMILES string of the molecule is CN(CCN)c1ccc2ccccc2c1. The van der Waals surface area contributed by atoms with Gasteiger partial charge in [0, 0.05) is 25.8 Å². The van der Waals surface area contributed by atoms with Gasteiger partial charge in [-0.05, 0) is 22.9 Å². The second-order valence-corrected chi connectivity index (χ2v) is 3.74. The molecule has 0 amide bonds. The molecule has 0 aliphatic rings. The van der Waals surface area contributed by atoms with Crippen LogP contribution in [0.2, 0.25) is 0 Å². The van der Waals surface area contributed by atoms with E-state index in [2.05, 4.69) is 54.4 Å². The van der Waals surface area contributed by atoms with E-state index in [0.29, 0.717) is 6.54 Å². The third-order valence-electron chi connectivity index (χ3n) is 2.64. The molecule has 2 aromatic carbocycles. The molecule has 0 atom stereocenters. The zero-order valence-electron chi connectivity index (χ0n) is 8.98. The molecule has 0 saturated heterocycles. The third kappa shape index (κ3) is 2.10. The predicted molar refractivity (Wildman–Crippen MR) is 66.3 cm³/mol. The monoisotopic (exact) mass is 200 g/mol. The van der Waals surface area contributed by atoms with Crippen molar-refractivity contribution in [2.75, 3.05) is 25.0 Å². The van der Waals surface area contributed by atoms with Crippen LogP contribution in [0.15, 0.2) is 42.5 Å². The maximum Gasteiger partial charge on any atom is 0.0370 e. The normalized spacial score (nSPS) is 10.5. The molecule has 0 aromatic heterocycles. The molecule has 0 saturated carbocycles. The summed E-state index contributed by atoms with van der Waals surface area (Å²) in [5.74, 6) is 0. The molecule has 0 bridgehead atoms. The number of likely N-dealkylation sites (N-methyl/N-ethyl adjacent to an activating group) is 1. The number of hydrogen-bond donors (Lipinski definition) is 1. The van der Waals surface area contributed by atoms with Gasteiger partial charge in [0.15, 0.2) is 0 Å². The van der Waals surface area contributed by atoms with Crippen LogP contribution in [0, 0.1) is 0 Å². The summed E-state index contributed by atoms with van der Waals surface area (Å²) < 4.78 is 0. The van der Waals surface area contributed by atoms with Crippen molar-refractivity contribution < 1.29 is 0 Å². The van der Waals surface area contributed by atoms with Gasteiger partial charge in [0.05, 0.1) is 0 Å². The molecule has 0 fully saturated rings. The lowest BCUT2D eigenvalue weighted by Crippen LogP contribution is -2.24. The highest BCUT2D eigenvalue weighted by molar-refractivity contribution is 5.85. The molecule has 78 valence electrons. The molecule has 15 heavy (non-hydrogen) atoms. The van der Waals surface area contributed by atoms with Gasteiger partial charge in [-0.15, -0.1) is 0 Å². The van der Waals surface area contributed by atoms with Gasteiger partial charge < -0.3 is 10.6 Å². The first-order valence-electron chi connectivity index (χ1n) is 5.21. The minimum Gasteiger partial charge on any atom is -0.373 e. The van der Waals surface area contributed by atoms with Crippen LogP contribution < -0.4 is 10.6 Å². The summed E-state index contributed by atoms with van der Waals surface area (Å²) in [6, 6.07) is 14.9. The number of nitrogens with zero attached hydrogens (tertiary/aromatic N) is 1. The summed E-state index contributed by atoms with van der Waals surface area (Å²) in [6.07, 6.45) is 0. The Balaban J connectivity index is 2.38. The Morgan fingerprint density at radius 3 is 2.53 bits per heavy atom. The molecule has 0 spiro atoms. The topological polar surface area (TPSA) is 29.3 Å². The Morgan fingerprint density at radius 1 is 1.07 bits per heavy atom. The maximum absolute atomic E-state index is 5.54. The van der Waals surface area contributed by atoms with Crippen molar-refractivity contribution in [2.45, 2.75) is 0 Å². The fourth-order valence-electron chi connectivity index (χ4n) is 1.74. The van der Waals surface area contributed by atoms with Gasteiger partial charge in [0.1, 0.15) is 0 Å². The van der Waals surface area contributed by atoms with Crippen molar-refractivity contribution in [2.24, 2.45) is 5.73 Å². The molecular formula is C13H16N2. The average Bonchev–Trinajstić information content (AvgIpc) is 2.29. The summed E-state index contributed by atoms with van der Waals surface area (Å²) >= 11 is 0. The van der Waals surface area contributed by atoms with Crippen LogP contribution in [-0.2, 0) is 0 Å². The number of rotatable bonds is 3. The lowest BCUT2D eigenvalue weighted by Gasteiger charge is -2.18. The molecule has 2 N–H and O–H groups in total. The van der Waals surface area contributed by atoms with Crippen molar-refractivity contribution in [1.82, 2.24) is 0 Å². The zero-order valence-corrected chi connectivity index (χ0v) is 8.98. The van der Waals surface area contributed by atoms with E-state index in [9.17, 15) is 0 Å². The largest absolute Gasteiger partial charge is 0.373 e. The lowest BCUT2D eigenvalue weighted by molar-refractivity contribution is 0.886. The van der Waals surface area contributed by atoms with E-state index < -0.39 is 0 Å². The van der Waals surface area contributed by atoms with Crippen LogP contribution in [0.3, 0.4) is 0 Å². The molecular weight excluding hydrogens is 184 g/mol. The second kappa shape index (κ2) is 4.32. The summed E-state index contributed by atoms with van der Waals surface area (Å²) in [4.78, 5) is 2.17. The number of anilines is 1. The predicted octanol–water partition coefficient (Wildman–Crippen LogP) is 2.23. The number of benzene rings is 2. The summed E-state index contributed by atoms with van der Waals surface area (Å²) in [6.45, 7) is 1.57. The molecule has 0 aliphatic carbocycles. The Bertz CT molecular complexity index is 451. The van der Waals surface area contributed by atoms with Crippen molar-refractivity contribution in [3.63, 3.8) is 0 Å². The Labute approximate surface area is 90.3 Å². The van der Waals surface area contributed by atoms with E-state index >= 15 is 0 Å². The van der Waals surface area contributed by atoms with Gasteiger partial charge in [0.25, 0.3) is 0 Å². The molecule has 0 radical (unpaired) electrons. The van der Waals surface area contributed by atoms with E-state index in [1.807, 2.05) is 0 Å². The van der Waals surface area contributed by atoms with Gasteiger partial charge in [-0.25, -0.2) is 0 Å². The zero-order chi connectivity index (χ0) is 10.7. The first kappa shape index (κ1) is 9.99. The maximum atomic E-state index is 5.54. The molecule has 2 rings (SSSR count). The van der Waals surface area contributed by atoms with E-state index in [4.69, 9.17) is 5.73 Å². The minimum absolute atomic E-state index is 0.684. The first-order chi connectivity index (χ1) is 7.31. The molecule has 2 heteroatoms. The second-order valence-electron chi connectivity index (χ2n) is 3.74. The summed E-state index contributed by atoms with van der Waals surface area (Å²) in [7, 11) is 2.07. The van der Waals surface area contributed by atoms with Gasteiger partial charge in [-0.2, -0.15) is 0 Å². The summed E-state index contributed by atoms with van der Waals surface area (Å²) in [5, 5.41) is 2.56. The number of fused-ring (bicyclic) bond motifs is 1. The highest BCUT2D eigenvalue weighted by atomic mass is 15.1. The van der Waals surface area contributed by atoms with Crippen molar-refractivity contribution in [3.05, 3.63) is 42.5 Å². The molecule has 0 unspecified atom stereocenters. The molecule has 2 nitrogen and oxygen atoms in total. The molecule has 0 aliphatic heterocycles. The van der Waals surface area contributed by atoms with Gasteiger partial charge in [-0.3, -0.25) is 0 Å². The molecule has 0 heterocycles. The average molecular weight is 200 g/mol. The van der Waals surface area contributed by atoms with Crippen LogP contribution in [0.25, 0.3) is 10.8 Å². The minimum atomic E-state index is 0.684. The summed E-state index contributed by atoms with van der Waals surface area (Å²) in [5.41, 5.74) is 6.76. The molecule has 2 aromatic rings. The smallest absolute Gasteiger partial charge is 0.0370 e. The highest BCUT2D eigenvalue weighted by Crippen LogP contribution is 2.20. The Kier molecular flexibility index (Phi) is 2.88.